The topological polar surface area (TPSA) is 56.7 Å². The van der Waals surface area contributed by atoms with Crippen molar-refractivity contribution >= 4 is 29.5 Å². The molecule has 0 amide bonds. The van der Waals surface area contributed by atoms with Gasteiger partial charge in [-0.3, -0.25) is 4.99 Å². The lowest BCUT2D eigenvalue weighted by Crippen LogP contribution is -2.40. The number of aliphatic hydroxyl groups is 1. The smallest absolute Gasteiger partial charge is 0.191 e. The van der Waals surface area contributed by atoms with E-state index < -0.39 is 5.60 Å². The van der Waals surface area contributed by atoms with Gasteiger partial charge in [-0.15, -0.1) is 0 Å². The number of rotatable bonds is 8. The molecule has 0 radical (unpaired) electrons. The Morgan fingerprint density at radius 2 is 2.26 bits per heavy atom. The number of aliphatic imine (C=N–C) groups is 1. The van der Waals surface area contributed by atoms with Crippen LogP contribution in [0.2, 0.25) is 0 Å². The van der Waals surface area contributed by atoms with Crippen LogP contribution in [0, 0.1) is 0 Å². The number of nitrogens with zero attached hydrogens (tertiary/aromatic N) is 1. The van der Waals surface area contributed by atoms with Crippen molar-refractivity contribution in [3.63, 3.8) is 0 Å². The van der Waals surface area contributed by atoms with Gasteiger partial charge in [0.1, 0.15) is 0 Å². The van der Waals surface area contributed by atoms with Crippen molar-refractivity contribution < 1.29 is 5.11 Å². The summed E-state index contributed by atoms with van der Waals surface area (Å²) in [7, 11) is 0. The number of unbranched alkanes of at least 4 members (excludes halogenated alkanes) is 1. The van der Waals surface area contributed by atoms with E-state index in [1.807, 2.05) is 23.5 Å². The highest BCUT2D eigenvalue weighted by Crippen LogP contribution is 2.27. The molecule has 0 aromatic heterocycles. The minimum Gasteiger partial charge on any atom is -0.387 e. The zero-order valence-electron chi connectivity index (χ0n) is 12.1. The summed E-state index contributed by atoms with van der Waals surface area (Å²) < 4.78 is 0. The van der Waals surface area contributed by atoms with Crippen molar-refractivity contribution in [2.24, 2.45) is 4.99 Å². The highest BCUT2D eigenvalue weighted by Gasteiger charge is 2.31. The predicted molar refractivity (Wildman–Crippen MR) is 88.5 cm³/mol. The predicted octanol–water partition coefficient (Wildman–Crippen LogP) is 1.55. The molecule has 0 aromatic rings. The fourth-order valence-corrected chi connectivity index (χ4v) is 3.64. The summed E-state index contributed by atoms with van der Waals surface area (Å²) >= 11 is 3.70. The van der Waals surface area contributed by atoms with E-state index in [2.05, 4.69) is 28.8 Å². The third-order valence-corrected chi connectivity index (χ3v) is 4.96. The van der Waals surface area contributed by atoms with E-state index in [4.69, 9.17) is 0 Å². The van der Waals surface area contributed by atoms with Crippen LogP contribution in [0.5, 0.6) is 0 Å². The molecule has 1 fully saturated rings. The van der Waals surface area contributed by atoms with Gasteiger partial charge in [-0.2, -0.15) is 23.5 Å². The summed E-state index contributed by atoms with van der Waals surface area (Å²) in [5, 5.41) is 16.8. The molecule has 0 saturated carbocycles. The summed E-state index contributed by atoms with van der Waals surface area (Å²) in [6.45, 7) is 4.36. The van der Waals surface area contributed by atoms with Crippen LogP contribution in [0.4, 0.5) is 0 Å². The van der Waals surface area contributed by atoms with E-state index >= 15 is 0 Å². The van der Waals surface area contributed by atoms with Gasteiger partial charge in [0.2, 0.25) is 0 Å². The maximum Gasteiger partial charge on any atom is 0.191 e. The maximum absolute atomic E-state index is 10.3. The van der Waals surface area contributed by atoms with Crippen molar-refractivity contribution in [1.29, 1.82) is 0 Å². The molecular formula is C13H27N3OS2. The van der Waals surface area contributed by atoms with E-state index in [1.165, 1.54) is 12.2 Å². The minimum absolute atomic E-state index is 0.500. The lowest BCUT2D eigenvalue weighted by atomic mass is 10.1. The monoisotopic (exact) mass is 305 g/mol. The average molecular weight is 306 g/mol. The number of hydrogen-bond donors (Lipinski definition) is 3. The molecule has 6 heteroatoms. The molecule has 0 spiro atoms. The van der Waals surface area contributed by atoms with Crippen LogP contribution in [0.25, 0.3) is 0 Å². The van der Waals surface area contributed by atoms with Crippen LogP contribution < -0.4 is 10.6 Å². The van der Waals surface area contributed by atoms with Crippen LogP contribution in [-0.4, -0.2) is 59.8 Å². The Kier molecular flexibility index (Phi) is 8.74. The second-order valence-corrected chi connectivity index (χ2v) is 6.94. The van der Waals surface area contributed by atoms with Crippen molar-refractivity contribution in [3.8, 4) is 0 Å². The molecular weight excluding hydrogens is 278 g/mol. The van der Waals surface area contributed by atoms with Crippen LogP contribution in [0.15, 0.2) is 4.99 Å². The van der Waals surface area contributed by atoms with E-state index in [-0.39, 0.29) is 0 Å². The summed E-state index contributed by atoms with van der Waals surface area (Å²) in [6, 6.07) is 0. The Morgan fingerprint density at radius 3 is 2.89 bits per heavy atom. The van der Waals surface area contributed by atoms with Crippen LogP contribution >= 0.6 is 23.5 Å². The molecule has 1 heterocycles. The van der Waals surface area contributed by atoms with E-state index in [9.17, 15) is 5.11 Å². The van der Waals surface area contributed by atoms with Gasteiger partial charge in [-0.1, -0.05) is 0 Å². The maximum atomic E-state index is 10.3. The molecule has 1 atom stereocenters. The molecule has 1 aliphatic heterocycles. The van der Waals surface area contributed by atoms with Crippen LogP contribution in [0.3, 0.4) is 0 Å². The van der Waals surface area contributed by atoms with E-state index in [0.29, 0.717) is 6.54 Å². The molecule has 112 valence electrons. The van der Waals surface area contributed by atoms with Crippen molar-refractivity contribution in [2.45, 2.75) is 31.8 Å². The number of hydrogen-bond acceptors (Lipinski definition) is 4. The first kappa shape index (κ1) is 17.0. The normalized spacial score (nSPS) is 23.6. The summed E-state index contributed by atoms with van der Waals surface area (Å²) in [6.07, 6.45) is 5.38. The average Bonchev–Trinajstić information content (AvgIpc) is 2.83. The van der Waals surface area contributed by atoms with Gasteiger partial charge in [0.25, 0.3) is 0 Å². The van der Waals surface area contributed by atoms with E-state index in [1.54, 1.807) is 0 Å². The SMILES string of the molecule is CCNC(=NCC1(O)CCSC1)NCCCCSC. The molecule has 0 aliphatic carbocycles. The third-order valence-electron chi connectivity index (χ3n) is 3.03. The molecule has 19 heavy (non-hydrogen) atoms. The molecule has 4 nitrogen and oxygen atoms in total. The zero-order chi connectivity index (χ0) is 14.0. The van der Waals surface area contributed by atoms with Gasteiger partial charge < -0.3 is 15.7 Å². The molecule has 1 rings (SSSR count). The molecule has 0 bridgehead atoms. The largest absolute Gasteiger partial charge is 0.387 e. The Bertz CT molecular complexity index is 269. The number of guanidine groups is 1. The lowest BCUT2D eigenvalue weighted by molar-refractivity contribution is 0.0778. The van der Waals surface area contributed by atoms with Gasteiger partial charge in [-0.05, 0) is 43.9 Å². The first-order valence-electron chi connectivity index (χ1n) is 7.01. The second-order valence-electron chi connectivity index (χ2n) is 4.85. The Balaban J connectivity index is 2.29. The summed E-state index contributed by atoms with van der Waals surface area (Å²) in [5.41, 5.74) is -0.591. The van der Waals surface area contributed by atoms with Gasteiger partial charge in [0, 0.05) is 18.8 Å². The third kappa shape index (κ3) is 7.32. The van der Waals surface area contributed by atoms with E-state index in [0.717, 1.165) is 43.4 Å². The molecule has 1 saturated heterocycles. The molecule has 3 N–H and O–H groups in total. The standard InChI is InChI=1S/C13H27N3OS2/c1-3-14-12(15-7-4-5-8-18-2)16-10-13(17)6-9-19-11-13/h17H,3-11H2,1-2H3,(H2,14,15,16). The van der Waals surface area contributed by atoms with Crippen molar-refractivity contribution in [3.05, 3.63) is 0 Å². The Hall–Kier alpha value is -0.0700. The van der Waals surface area contributed by atoms with Gasteiger partial charge >= 0.3 is 0 Å². The molecule has 0 aromatic carbocycles. The highest BCUT2D eigenvalue weighted by atomic mass is 32.2. The lowest BCUT2D eigenvalue weighted by Gasteiger charge is -2.19. The minimum atomic E-state index is -0.591. The van der Waals surface area contributed by atoms with Gasteiger partial charge in [0.05, 0.1) is 12.1 Å². The van der Waals surface area contributed by atoms with Crippen LogP contribution in [-0.2, 0) is 0 Å². The fourth-order valence-electron chi connectivity index (χ4n) is 1.87. The van der Waals surface area contributed by atoms with Crippen LogP contribution in [0.1, 0.15) is 26.2 Å². The first-order chi connectivity index (χ1) is 9.20. The molecule has 1 aliphatic rings. The second kappa shape index (κ2) is 9.77. The summed E-state index contributed by atoms with van der Waals surface area (Å²) in [5.74, 6) is 3.90. The number of nitrogens with one attached hydrogen (secondary N) is 2. The number of thioether (sulfide) groups is 2. The van der Waals surface area contributed by atoms with Crippen molar-refractivity contribution in [1.82, 2.24) is 10.6 Å². The summed E-state index contributed by atoms with van der Waals surface area (Å²) in [4.78, 5) is 4.51. The quantitative estimate of drug-likeness (QED) is 0.361. The zero-order valence-corrected chi connectivity index (χ0v) is 13.7. The van der Waals surface area contributed by atoms with Gasteiger partial charge in [-0.25, -0.2) is 0 Å². The first-order valence-corrected chi connectivity index (χ1v) is 9.56. The Morgan fingerprint density at radius 1 is 1.42 bits per heavy atom. The van der Waals surface area contributed by atoms with Gasteiger partial charge in [0.15, 0.2) is 5.96 Å². The molecule has 1 unspecified atom stereocenters. The highest BCUT2D eigenvalue weighted by molar-refractivity contribution is 7.99. The van der Waals surface area contributed by atoms with Crippen molar-refractivity contribution in [2.75, 3.05) is 43.1 Å². The Labute approximate surface area is 125 Å². The fraction of sp³-hybridized carbons (Fsp3) is 0.923.